The maximum atomic E-state index is 11.2. The Hall–Kier alpha value is -0.900. The van der Waals surface area contributed by atoms with Crippen LogP contribution in [0.5, 0.6) is 0 Å². The Bertz CT molecular complexity index is 240. The molecule has 0 saturated carbocycles. The number of hydrogen-bond donors (Lipinski definition) is 1. The molecule has 0 spiro atoms. The molecule has 0 radical (unpaired) electrons. The topological polar surface area (TPSA) is 55.4 Å². The molecule has 4 heteroatoms. The molecule has 1 N–H and O–H groups in total. The summed E-state index contributed by atoms with van der Waals surface area (Å²) in [5.74, 6) is 0.0204. The van der Waals surface area contributed by atoms with Crippen LogP contribution in [0.25, 0.3) is 0 Å². The summed E-state index contributed by atoms with van der Waals surface area (Å²) in [5, 5.41) is 2.57. The highest BCUT2D eigenvalue weighted by molar-refractivity contribution is 5.78. The Morgan fingerprint density at radius 1 is 1.19 bits per heavy atom. The molecule has 0 aromatic carbocycles. The normalized spacial score (nSPS) is 16.3. The molecule has 0 fully saturated rings. The third-order valence-electron chi connectivity index (χ3n) is 2.70. The van der Waals surface area contributed by atoms with Crippen molar-refractivity contribution >= 4 is 11.7 Å². The number of ether oxygens (including phenoxy) is 1. The van der Waals surface area contributed by atoms with Gasteiger partial charge in [-0.1, -0.05) is 13.8 Å². The Kier molecular flexibility index (Phi) is 6.97. The van der Waals surface area contributed by atoms with E-state index in [1.165, 1.54) is 0 Å². The van der Waals surface area contributed by atoms with Crippen LogP contribution >= 0.6 is 0 Å². The van der Waals surface area contributed by atoms with Crippen molar-refractivity contribution in [2.24, 2.45) is 11.8 Å². The van der Waals surface area contributed by atoms with Crippen molar-refractivity contribution in [3.05, 3.63) is 0 Å². The van der Waals surface area contributed by atoms with E-state index >= 15 is 0 Å². The zero-order valence-electron chi connectivity index (χ0n) is 10.9. The summed E-state index contributed by atoms with van der Waals surface area (Å²) in [6, 6.07) is 0. The predicted molar refractivity (Wildman–Crippen MR) is 63.1 cm³/mol. The van der Waals surface area contributed by atoms with Gasteiger partial charge in [-0.3, -0.25) is 9.59 Å². The lowest BCUT2D eigenvalue weighted by Crippen LogP contribution is -2.30. The minimum Gasteiger partial charge on any atom is -0.378 e. The largest absolute Gasteiger partial charge is 0.378 e. The van der Waals surface area contributed by atoms with Gasteiger partial charge in [-0.05, 0) is 20.3 Å². The standard InChI is InChI=1S/C12H23NO3/c1-8(11(4)14)6-10(3)16-7-9(2)12(15)13-5/h8-10H,6-7H2,1-5H3,(H,13,15)/t8?,9-,10?/m1/s1. The smallest absolute Gasteiger partial charge is 0.224 e. The van der Waals surface area contributed by atoms with Crippen LogP contribution in [0.1, 0.15) is 34.1 Å². The van der Waals surface area contributed by atoms with Crippen molar-refractivity contribution in [1.29, 1.82) is 0 Å². The van der Waals surface area contributed by atoms with Crippen LogP contribution in [0.2, 0.25) is 0 Å². The molecular weight excluding hydrogens is 206 g/mol. The predicted octanol–water partition coefficient (Wildman–Crippen LogP) is 1.39. The second-order valence-corrected chi connectivity index (χ2v) is 4.41. The first-order chi connectivity index (χ1) is 7.38. The molecule has 0 aliphatic heterocycles. The van der Waals surface area contributed by atoms with Crippen molar-refractivity contribution in [3.63, 3.8) is 0 Å². The molecule has 2 unspecified atom stereocenters. The molecular formula is C12H23NO3. The number of amides is 1. The molecule has 0 heterocycles. The third kappa shape index (κ3) is 5.85. The quantitative estimate of drug-likeness (QED) is 0.717. The number of Topliss-reactive ketones (excluding diaryl/α,β-unsaturated/α-hetero) is 1. The average molecular weight is 229 g/mol. The van der Waals surface area contributed by atoms with E-state index in [9.17, 15) is 9.59 Å². The molecule has 0 bridgehead atoms. The highest BCUT2D eigenvalue weighted by atomic mass is 16.5. The van der Waals surface area contributed by atoms with Gasteiger partial charge in [-0.2, -0.15) is 0 Å². The van der Waals surface area contributed by atoms with Gasteiger partial charge in [0.05, 0.1) is 18.6 Å². The van der Waals surface area contributed by atoms with Gasteiger partial charge in [-0.25, -0.2) is 0 Å². The highest BCUT2D eigenvalue weighted by Crippen LogP contribution is 2.11. The van der Waals surface area contributed by atoms with E-state index in [4.69, 9.17) is 4.74 Å². The molecule has 3 atom stereocenters. The fourth-order valence-electron chi connectivity index (χ4n) is 1.36. The Morgan fingerprint density at radius 3 is 2.19 bits per heavy atom. The minimum absolute atomic E-state index is 0.00556. The number of ketones is 1. The fourth-order valence-corrected chi connectivity index (χ4v) is 1.36. The summed E-state index contributed by atoms with van der Waals surface area (Å²) < 4.78 is 5.53. The van der Waals surface area contributed by atoms with Crippen molar-refractivity contribution in [2.45, 2.75) is 40.2 Å². The number of hydrogen-bond acceptors (Lipinski definition) is 3. The summed E-state index contributed by atoms with van der Waals surface area (Å²) in [6.07, 6.45) is 0.710. The van der Waals surface area contributed by atoms with Crippen LogP contribution in [0.3, 0.4) is 0 Å². The van der Waals surface area contributed by atoms with Gasteiger partial charge < -0.3 is 10.1 Å². The lowest BCUT2D eigenvalue weighted by atomic mass is 10.0. The summed E-state index contributed by atoms with van der Waals surface area (Å²) in [6.45, 7) is 7.62. The molecule has 4 nitrogen and oxygen atoms in total. The molecule has 0 rings (SSSR count). The zero-order valence-corrected chi connectivity index (χ0v) is 10.9. The third-order valence-corrected chi connectivity index (χ3v) is 2.70. The minimum atomic E-state index is -0.153. The van der Waals surface area contributed by atoms with Crippen LogP contribution in [0, 0.1) is 11.8 Å². The van der Waals surface area contributed by atoms with E-state index in [1.807, 2.05) is 20.8 Å². The zero-order chi connectivity index (χ0) is 12.7. The first kappa shape index (κ1) is 15.1. The Balaban J connectivity index is 3.85. The van der Waals surface area contributed by atoms with Gasteiger partial charge in [0, 0.05) is 13.0 Å². The van der Waals surface area contributed by atoms with Crippen LogP contribution in [0.4, 0.5) is 0 Å². The summed E-state index contributed by atoms with van der Waals surface area (Å²) >= 11 is 0. The van der Waals surface area contributed by atoms with Crippen LogP contribution in [-0.2, 0) is 14.3 Å². The summed E-state index contributed by atoms with van der Waals surface area (Å²) in [5.41, 5.74) is 0. The number of nitrogens with one attached hydrogen (secondary N) is 1. The van der Waals surface area contributed by atoms with Gasteiger partial charge in [-0.15, -0.1) is 0 Å². The first-order valence-corrected chi connectivity index (χ1v) is 5.72. The maximum Gasteiger partial charge on any atom is 0.224 e. The lowest BCUT2D eigenvalue weighted by Gasteiger charge is -2.18. The summed E-state index contributed by atoms with van der Waals surface area (Å²) in [4.78, 5) is 22.3. The second kappa shape index (κ2) is 7.39. The first-order valence-electron chi connectivity index (χ1n) is 5.72. The molecule has 94 valence electrons. The van der Waals surface area contributed by atoms with Crippen molar-refractivity contribution in [3.8, 4) is 0 Å². The monoisotopic (exact) mass is 229 g/mol. The van der Waals surface area contributed by atoms with E-state index < -0.39 is 0 Å². The van der Waals surface area contributed by atoms with Gasteiger partial charge in [0.1, 0.15) is 5.78 Å². The highest BCUT2D eigenvalue weighted by Gasteiger charge is 2.16. The molecule has 1 amide bonds. The van der Waals surface area contributed by atoms with Crippen LogP contribution in [-0.4, -0.2) is 31.4 Å². The SMILES string of the molecule is CNC(=O)[C@H](C)COC(C)CC(C)C(C)=O. The molecule has 0 saturated heterocycles. The number of carbonyl (C=O) groups is 2. The fraction of sp³-hybridized carbons (Fsp3) is 0.833. The van der Waals surface area contributed by atoms with Crippen LogP contribution in [0.15, 0.2) is 0 Å². The summed E-state index contributed by atoms with van der Waals surface area (Å²) in [7, 11) is 1.61. The molecule has 0 aliphatic carbocycles. The average Bonchev–Trinajstić information content (AvgIpc) is 2.24. The van der Waals surface area contributed by atoms with E-state index in [0.29, 0.717) is 13.0 Å². The van der Waals surface area contributed by atoms with Crippen molar-refractivity contribution < 1.29 is 14.3 Å². The number of carbonyl (C=O) groups excluding carboxylic acids is 2. The van der Waals surface area contributed by atoms with Crippen LogP contribution < -0.4 is 5.32 Å². The van der Waals surface area contributed by atoms with E-state index in [0.717, 1.165) is 0 Å². The van der Waals surface area contributed by atoms with Crippen molar-refractivity contribution in [1.82, 2.24) is 5.32 Å². The Morgan fingerprint density at radius 2 is 1.75 bits per heavy atom. The number of rotatable bonds is 7. The van der Waals surface area contributed by atoms with E-state index in [-0.39, 0.29) is 29.6 Å². The maximum absolute atomic E-state index is 11.2. The molecule has 16 heavy (non-hydrogen) atoms. The van der Waals surface area contributed by atoms with Gasteiger partial charge >= 0.3 is 0 Å². The molecule has 0 aromatic heterocycles. The van der Waals surface area contributed by atoms with Gasteiger partial charge in [0.15, 0.2) is 0 Å². The van der Waals surface area contributed by atoms with Gasteiger partial charge in [0.2, 0.25) is 5.91 Å². The molecule has 0 aromatic rings. The van der Waals surface area contributed by atoms with Gasteiger partial charge in [0.25, 0.3) is 0 Å². The van der Waals surface area contributed by atoms with E-state index in [1.54, 1.807) is 14.0 Å². The molecule has 0 aliphatic rings. The van der Waals surface area contributed by atoms with E-state index in [2.05, 4.69) is 5.32 Å². The lowest BCUT2D eigenvalue weighted by molar-refractivity contribution is -0.127. The van der Waals surface area contributed by atoms with Crippen molar-refractivity contribution in [2.75, 3.05) is 13.7 Å². The second-order valence-electron chi connectivity index (χ2n) is 4.41. The Labute approximate surface area is 97.7 Å².